The fourth-order valence-corrected chi connectivity index (χ4v) is 2.24. The Morgan fingerprint density at radius 3 is 2.40 bits per heavy atom. The summed E-state index contributed by atoms with van der Waals surface area (Å²) < 4.78 is 15.1. The second-order valence-electron chi connectivity index (χ2n) is 5.78. The number of nitrogens with zero attached hydrogens (tertiary/aromatic N) is 1. The lowest BCUT2D eigenvalue weighted by atomic mass is 10.1. The monoisotopic (exact) mass is 343 g/mol. The summed E-state index contributed by atoms with van der Waals surface area (Å²) in [7, 11) is 1.60. The molecule has 8 nitrogen and oxygen atoms in total. The van der Waals surface area contributed by atoms with Gasteiger partial charge >= 0.3 is 11.9 Å². The normalized spacial score (nSPS) is 16.0. The summed E-state index contributed by atoms with van der Waals surface area (Å²) in [4.78, 5) is 23.7. The second kappa shape index (κ2) is 6.31. The zero-order valence-corrected chi connectivity index (χ0v) is 14.0. The molecule has 0 spiro atoms. The summed E-state index contributed by atoms with van der Waals surface area (Å²) >= 11 is 0. The molecule has 0 bridgehead atoms. The molecule has 0 amide bonds. The van der Waals surface area contributed by atoms with Crippen LogP contribution >= 0.6 is 0 Å². The van der Waals surface area contributed by atoms with Gasteiger partial charge in [0.1, 0.15) is 5.75 Å². The van der Waals surface area contributed by atoms with E-state index < -0.39 is 17.7 Å². The highest BCUT2D eigenvalue weighted by Crippen LogP contribution is 2.24. The summed E-state index contributed by atoms with van der Waals surface area (Å²) in [5.41, 5.74) is 1.44. The molecule has 1 aromatic heterocycles. The summed E-state index contributed by atoms with van der Waals surface area (Å²) in [5, 5.41) is 9.73. The van der Waals surface area contributed by atoms with Gasteiger partial charge in [0.25, 0.3) is 5.79 Å². The minimum absolute atomic E-state index is 0.228. The largest absolute Gasteiger partial charge is 0.497 e. The molecule has 1 aromatic carbocycles. The third-order valence-corrected chi connectivity index (χ3v) is 3.46. The van der Waals surface area contributed by atoms with Gasteiger partial charge in [-0.15, -0.1) is 0 Å². The summed E-state index contributed by atoms with van der Waals surface area (Å²) in [6.45, 7) is 2.98. The van der Waals surface area contributed by atoms with E-state index in [1.165, 1.54) is 20.0 Å². The maximum Gasteiger partial charge on any atom is 0.350 e. The van der Waals surface area contributed by atoms with Crippen LogP contribution in [0.3, 0.4) is 0 Å². The summed E-state index contributed by atoms with van der Waals surface area (Å²) in [5.74, 6) is -1.58. The van der Waals surface area contributed by atoms with Crippen molar-refractivity contribution in [2.24, 2.45) is 0 Å². The van der Waals surface area contributed by atoms with Crippen LogP contribution in [0.5, 0.6) is 5.75 Å². The number of methoxy groups -OCH3 is 1. The third kappa shape index (κ3) is 3.63. The smallest absolute Gasteiger partial charge is 0.350 e. The van der Waals surface area contributed by atoms with Crippen LogP contribution in [0.25, 0.3) is 11.3 Å². The maximum atomic E-state index is 11.9. The van der Waals surface area contributed by atoms with Crippen LogP contribution < -0.4 is 10.1 Å². The number of aromatic amines is 1. The average molecular weight is 343 g/mol. The number of hydrogen-bond donors (Lipinski definition) is 2. The highest BCUT2D eigenvalue weighted by atomic mass is 16.7. The Balaban J connectivity index is 1.73. The molecule has 130 valence electrons. The molecule has 0 atom stereocenters. The van der Waals surface area contributed by atoms with E-state index in [0.29, 0.717) is 5.82 Å². The Bertz CT molecular complexity index is 814. The second-order valence-corrected chi connectivity index (χ2v) is 5.78. The van der Waals surface area contributed by atoms with E-state index in [-0.39, 0.29) is 5.57 Å². The van der Waals surface area contributed by atoms with Crippen LogP contribution in [0.1, 0.15) is 13.8 Å². The van der Waals surface area contributed by atoms with Crippen molar-refractivity contribution in [1.29, 1.82) is 0 Å². The van der Waals surface area contributed by atoms with Crippen molar-refractivity contribution >= 4 is 17.8 Å². The molecule has 0 aliphatic carbocycles. The molecule has 1 aliphatic heterocycles. The van der Waals surface area contributed by atoms with E-state index in [1.54, 1.807) is 13.2 Å². The quantitative estimate of drug-likeness (QED) is 0.498. The topological polar surface area (TPSA) is 103 Å². The SMILES string of the molecule is COc1ccc(-c2cc(NC=C3C(=O)OC(C)(C)OC3=O)n[nH]2)cc1. The van der Waals surface area contributed by atoms with Gasteiger partial charge in [-0.1, -0.05) is 0 Å². The molecular weight excluding hydrogens is 326 g/mol. The minimum Gasteiger partial charge on any atom is -0.497 e. The van der Waals surface area contributed by atoms with E-state index in [2.05, 4.69) is 15.5 Å². The Kier molecular flexibility index (Phi) is 4.18. The lowest BCUT2D eigenvalue weighted by Gasteiger charge is -2.29. The number of H-pyrrole nitrogens is 1. The van der Waals surface area contributed by atoms with Crippen molar-refractivity contribution in [3.63, 3.8) is 0 Å². The molecule has 1 fully saturated rings. The van der Waals surface area contributed by atoms with E-state index >= 15 is 0 Å². The molecule has 2 heterocycles. The zero-order valence-electron chi connectivity index (χ0n) is 14.0. The number of cyclic esters (lactones) is 2. The fraction of sp³-hybridized carbons (Fsp3) is 0.235. The number of carbonyl (C=O) groups excluding carboxylic acids is 2. The standard InChI is InChI=1S/C17H17N3O5/c1-17(2)24-15(21)12(16(22)25-17)9-18-14-8-13(19-20-14)10-4-6-11(23-3)7-5-10/h4-9H,1-3H3,(H2,18,19,20). The predicted molar refractivity (Wildman–Crippen MR) is 88.5 cm³/mol. The van der Waals surface area contributed by atoms with Crippen molar-refractivity contribution in [1.82, 2.24) is 10.2 Å². The molecule has 2 aromatic rings. The van der Waals surface area contributed by atoms with Gasteiger partial charge in [-0.3, -0.25) is 5.10 Å². The first-order chi connectivity index (χ1) is 11.9. The molecule has 0 radical (unpaired) electrons. The first-order valence-corrected chi connectivity index (χ1v) is 7.51. The van der Waals surface area contributed by atoms with Crippen molar-refractivity contribution in [2.75, 3.05) is 12.4 Å². The van der Waals surface area contributed by atoms with Crippen LogP contribution in [-0.2, 0) is 19.1 Å². The number of carbonyl (C=O) groups is 2. The molecule has 1 aliphatic rings. The number of rotatable bonds is 4. The van der Waals surface area contributed by atoms with E-state index in [4.69, 9.17) is 14.2 Å². The van der Waals surface area contributed by atoms with E-state index in [0.717, 1.165) is 17.0 Å². The molecule has 2 N–H and O–H groups in total. The highest BCUT2D eigenvalue weighted by Gasteiger charge is 2.38. The van der Waals surface area contributed by atoms with Gasteiger partial charge in [-0.25, -0.2) is 9.59 Å². The Labute approximate surface area is 143 Å². The number of ether oxygens (including phenoxy) is 3. The summed E-state index contributed by atoms with van der Waals surface area (Å²) in [6.07, 6.45) is 1.22. The number of anilines is 1. The number of benzene rings is 1. The molecule has 25 heavy (non-hydrogen) atoms. The molecule has 3 rings (SSSR count). The van der Waals surface area contributed by atoms with Gasteiger partial charge in [0.15, 0.2) is 11.4 Å². The van der Waals surface area contributed by atoms with Crippen molar-refractivity contribution in [3.05, 3.63) is 42.1 Å². The molecule has 0 unspecified atom stereocenters. The van der Waals surface area contributed by atoms with Crippen molar-refractivity contribution in [3.8, 4) is 17.0 Å². The number of aromatic nitrogens is 2. The maximum absolute atomic E-state index is 11.9. The minimum atomic E-state index is -1.26. The Morgan fingerprint density at radius 1 is 1.16 bits per heavy atom. The van der Waals surface area contributed by atoms with Gasteiger partial charge in [-0.2, -0.15) is 5.10 Å². The van der Waals surface area contributed by atoms with Crippen LogP contribution in [0, 0.1) is 0 Å². The average Bonchev–Trinajstić information content (AvgIpc) is 3.02. The van der Waals surface area contributed by atoms with Crippen LogP contribution in [0.2, 0.25) is 0 Å². The van der Waals surface area contributed by atoms with Gasteiger partial charge in [-0.05, 0) is 29.8 Å². The van der Waals surface area contributed by atoms with E-state index in [1.807, 2.05) is 24.3 Å². The molecular formula is C17H17N3O5. The molecule has 1 saturated heterocycles. The van der Waals surface area contributed by atoms with Crippen LogP contribution in [0.15, 0.2) is 42.1 Å². The van der Waals surface area contributed by atoms with E-state index in [9.17, 15) is 9.59 Å². The number of esters is 2. The Morgan fingerprint density at radius 2 is 1.80 bits per heavy atom. The summed E-state index contributed by atoms with van der Waals surface area (Å²) in [6, 6.07) is 9.17. The first kappa shape index (κ1) is 16.6. The highest BCUT2D eigenvalue weighted by molar-refractivity contribution is 6.15. The lowest BCUT2D eigenvalue weighted by molar-refractivity contribution is -0.222. The van der Waals surface area contributed by atoms with Crippen LogP contribution in [-0.4, -0.2) is 35.0 Å². The first-order valence-electron chi connectivity index (χ1n) is 7.51. The number of hydrogen-bond acceptors (Lipinski definition) is 7. The zero-order chi connectivity index (χ0) is 18.0. The lowest BCUT2D eigenvalue weighted by Crippen LogP contribution is -2.42. The van der Waals surface area contributed by atoms with Crippen LogP contribution in [0.4, 0.5) is 5.82 Å². The van der Waals surface area contributed by atoms with Crippen molar-refractivity contribution in [2.45, 2.75) is 19.6 Å². The molecule has 0 saturated carbocycles. The Hall–Kier alpha value is -3.29. The fourth-order valence-electron chi connectivity index (χ4n) is 2.24. The molecule has 8 heteroatoms. The van der Waals surface area contributed by atoms with Gasteiger partial charge in [0.2, 0.25) is 0 Å². The van der Waals surface area contributed by atoms with Gasteiger partial charge in [0, 0.05) is 26.1 Å². The van der Waals surface area contributed by atoms with Gasteiger partial charge in [0.05, 0.1) is 12.8 Å². The van der Waals surface area contributed by atoms with Gasteiger partial charge < -0.3 is 19.5 Å². The van der Waals surface area contributed by atoms with Crippen molar-refractivity contribution < 1.29 is 23.8 Å². The number of nitrogens with one attached hydrogen (secondary N) is 2. The predicted octanol–water partition coefficient (Wildman–Crippen LogP) is 2.22. The third-order valence-electron chi connectivity index (χ3n) is 3.46.